The van der Waals surface area contributed by atoms with E-state index < -0.39 is 36.3 Å². The summed E-state index contributed by atoms with van der Waals surface area (Å²) in [5.74, 6) is 0.311. The lowest BCUT2D eigenvalue weighted by Gasteiger charge is -2.38. The highest BCUT2D eigenvalue weighted by Gasteiger charge is 2.43. The Balaban J connectivity index is 1.88. The van der Waals surface area contributed by atoms with Gasteiger partial charge in [-0.2, -0.15) is 0 Å². The van der Waals surface area contributed by atoms with Crippen LogP contribution in [-0.4, -0.2) is 46.0 Å². The molecule has 0 spiro atoms. The molecule has 5 atom stereocenters. The Hall–Kier alpha value is -1.93. The van der Waals surface area contributed by atoms with E-state index in [1.54, 1.807) is 26.0 Å². The van der Waals surface area contributed by atoms with Crippen LogP contribution in [0.25, 0.3) is 11.0 Å². The summed E-state index contributed by atoms with van der Waals surface area (Å²) in [5, 5.41) is 30.2. The first-order valence-corrected chi connectivity index (χ1v) is 7.27. The molecule has 1 aromatic heterocycles. The second-order valence-electron chi connectivity index (χ2n) is 5.71. The molecular weight excluding hydrogens is 304 g/mol. The Kier molecular flexibility index (Phi) is 4.11. The summed E-state index contributed by atoms with van der Waals surface area (Å²) in [6, 6.07) is 6.29. The minimum atomic E-state index is -1.40. The molecule has 2 aromatic rings. The van der Waals surface area contributed by atoms with Gasteiger partial charge in [-0.15, -0.1) is 0 Å². The first-order chi connectivity index (χ1) is 10.9. The Morgan fingerprint density at radius 2 is 1.83 bits per heavy atom. The van der Waals surface area contributed by atoms with Crippen LogP contribution >= 0.6 is 0 Å². The van der Waals surface area contributed by atoms with E-state index >= 15 is 0 Å². The first-order valence-electron chi connectivity index (χ1n) is 7.27. The Morgan fingerprint density at radius 1 is 1.09 bits per heavy atom. The van der Waals surface area contributed by atoms with Gasteiger partial charge in [-0.3, -0.25) is 0 Å². The van der Waals surface area contributed by atoms with Crippen molar-refractivity contribution in [2.75, 3.05) is 0 Å². The lowest BCUT2D eigenvalue weighted by Crippen LogP contribution is -2.58. The number of hydrogen-bond donors (Lipinski definition) is 3. The van der Waals surface area contributed by atoms with Crippen molar-refractivity contribution in [1.29, 1.82) is 0 Å². The van der Waals surface area contributed by atoms with Gasteiger partial charge < -0.3 is 29.2 Å². The van der Waals surface area contributed by atoms with Gasteiger partial charge in [-0.1, -0.05) is 0 Å². The number of aryl methyl sites for hydroxylation is 1. The highest BCUT2D eigenvalue weighted by Crippen LogP contribution is 2.27. The van der Waals surface area contributed by atoms with E-state index in [0.29, 0.717) is 11.3 Å². The summed E-state index contributed by atoms with van der Waals surface area (Å²) >= 11 is 0. The summed E-state index contributed by atoms with van der Waals surface area (Å²) in [4.78, 5) is 11.4. The van der Waals surface area contributed by atoms with Crippen molar-refractivity contribution >= 4 is 11.0 Å². The van der Waals surface area contributed by atoms with Crippen molar-refractivity contribution in [1.82, 2.24) is 0 Å². The quantitative estimate of drug-likeness (QED) is 0.683. The zero-order chi connectivity index (χ0) is 16.7. The summed E-state index contributed by atoms with van der Waals surface area (Å²) in [5.41, 5.74) is 0.670. The molecule has 0 amide bonds. The predicted molar refractivity (Wildman–Crippen MR) is 80.2 cm³/mol. The van der Waals surface area contributed by atoms with Crippen molar-refractivity contribution in [3.8, 4) is 5.75 Å². The fourth-order valence-electron chi connectivity index (χ4n) is 2.62. The van der Waals surface area contributed by atoms with E-state index in [2.05, 4.69) is 0 Å². The maximum absolute atomic E-state index is 11.4. The monoisotopic (exact) mass is 322 g/mol. The molecule has 7 nitrogen and oxygen atoms in total. The second kappa shape index (κ2) is 5.93. The fourth-order valence-corrected chi connectivity index (χ4v) is 2.62. The molecule has 1 aliphatic heterocycles. The molecule has 2 heterocycles. The Morgan fingerprint density at radius 3 is 2.57 bits per heavy atom. The third-order valence-electron chi connectivity index (χ3n) is 3.98. The molecule has 23 heavy (non-hydrogen) atoms. The molecule has 0 radical (unpaired) electrons. The zero-order valence-electron chi connectivity index (χ0n) is 12.7. The molecule has 1 unspecified atom stereocenters. The van der Waals surface area contributed by atoms with Gasteiger partial charge in [-0.05, 0) is 31.5 Å². The van der Waals surface area contributed by atoms with E-state index in [4.69, 9.17) is 13.9 Å². The average molecular weight is 322 g/mol. The number of aliphatic hydroxyl groups is 3. The number of ether oxygens (including phenoxy) is 2. The number of aliphatic hydroxyl groups excluding tert-OH is 3. The van der Waals surface area contributed by atoms with Crippen LogP contribution in [-0.2, 0) is 4.74 Å². The lowest BCUT2D eigenvalue weighted by molar-refractivity contribution is -0.268. The fraction of sp³-hybridized carbons (Fsp3) is 0.438. The molecule has 124 valence electrons. The number of fused-ring (bicyclic) bond motifs is 1. The van der Waals surface area contributed by atoms with Gasteiger partial charge in [0.1, 0.15) is 29.6 Å². The smallest absolute Gasteiger partial charge is 0.336 e. The first kappa shape index (κ1) is 15.9. The van der Waals surface area contributed by atoms with Crippen molar-refractivity contribution in [2.24, 2.45) is 0 Å². The molecule has 3 rings (SSSR count). The van der Waals surface area contributed by atoms with Gasteiger partial charge in [0, 0.05) is 17.5 Å². The molecule has 1 fully saturated rings. The molecule has 1 saturated heterocycles. The number of benzene rings is 1. The van der Waals surface area contributed by atoms with Crippen molar-refractivity contribution in [3.63, 3.8) is 0 Å². The topological polar surface area (TPSA) is 109 Å². The lowest BCUT2D eigenvalue weighted by atomic mass is 10.00. The largest absolute Gasteiger partial charge is 0.462 e. The SMILES string of the molecule is Cc1cc(=O)oc2cc(OC3O[C@@H](C)[C@@H](O)[C@@H](O)[C@@H]3O)ccc12. The highest BCUT2D eigenvalue weighted by molar-refractivity contribution is 5.81. The summed E-state index contributed by atoms with van der Waals surface area (Å²) in [6.45, 7) is 3.37. The van der Waals surface area contributed by atoms with Gasteiger partial charge in [0.15, 0.2) is 0 Å². The normalized spacial score (nSPS) is 31.3. The minimum absolute atomic E-state index is 0.311. The molecule has 1 aliphatic rings. The van der Waals surface area contributed by atoms with Crippen LogP contribution in [0.5, 0.6) is 5.75 Å². The van der Waals surface area contributed by atoms with Crippen LogP contribution in [0.4, 0.5) is 0 Å². The maximum Gasteiger partial charge on any atom is 0.336 e. The van der Waals surface area contributed by atoms with E-state index in [1.165, 1.54) is 12.1 Å². The van der Waals surface area contributed by atoms with Gasteiger partial charge in [0.05, 0.1) is 6.10 Å². The number of rotatable bonds is 2. The Bertz CT molecular complexity index is 769. The van der Waals surface area contributed by atoms with Crippen LogP contribution in [0.1, 0.15) is 12.5 Å². The average Bonchev–Trinajstić information content (AvgIpc) is 2.50. The summed E-state index contributed by atoms with van der Waals surface area (Å²) in [6.07, 6.45) is -5.80. The molecule has 7 heteroatoms. The molecule has 0 bridgehead atoms. The standard InChI is InChI=1S/C16H18O7/c1-7-5-12(17)23-11-6-9(3-4-10(7)11)22-16-15(20)14(19)13(18)8(2)21-16/h3-6,8,13-16,18-20H,1-2H3/t8-,13+,14+,15-,16?/m0/s1. The molecular formula is C16H18O7. The van der Waals surface area contributed by atoms with Crippen LogP contribution < -0.4 is 10.4 Å². The van der Waals surface area contributed by atoms with E-state index in [-0.39, 0.29) is 0 Å². The molecule has 0 saturated carbocycles. The Labute approximate surface area is 131 Å². The second-order valence-corrected chi connectivity index (χ2v) is 5.71. The number of hydrogen-bond acceptors (Lipinski definition) is 7. The van der Waals surface area contributed by atoms with Gasteiger partial charge in [0.25, 0.3) is 0 Å². The van der Waals surface area contributed by atoms with E-state index in [1.807, 2.05) is 0 Å². The highest BCUT2D eigenvalue weighted by atomic mass is 16.7. The minimum Gasteiger partial charge on any atom is -0.462 e. The van der Waals surface area contributed by atoms with E-state index in [9.17, 15) is 20.1 Å². The predicted octanol–water partition coefficient (Wildman–Crippen LogP) is 0.308. The molecule has 0 aliphatic carbocycles. The van der Waals surface area contributed by atoms with Gasteiger partial charge in [-0.25, -0.2) is 4.79 Å². The summed E-state index contributed by atoms with van der Waals surface area (Å²) in [7, 11) is 0. The molecule has 3 N–H and O–H groups in total. The van der Waals surface area contributed by atoms with Crippen LogP contribution in [0.3, 0.4) is 0 Å². The molecule has 1 aromatic carbocycles. The van der Waals surface area contributed by atoms with Crippen LogP contribution in [0.2, 0.25) is 0 Å². The van der Waals surface area contributed by atoms with Crippen molar-refractivity contribution in [3.05, 3.63) is 40.2 Å². The van der Waals surface area contributed by atoms with Crippen LogP contribution in [0.15, 0.2) is 33.5 Å². The van der Waals surface area contributed by atoms with Crippen LogP contribution in [0, 0.1) is 6.92 Å². The third-order valence-corrected chi connectivity index (χ3v) is 3.98. The maximum atomic E-state index is 11.4. The van der Waals surface area contributed by atoms with Gasteiger partial charge in [0.2, 0.25) is 6.29 Å². The third kappa shape index (κ3) is 2.96. The zero-order valence-corrected chi connectivity index (χ0v) is 12.7. The summed E-state index contributed by atoms with van der Waals surface area (Å²) < 4.78 is 16.0. The van der Waals surface area contributed by atoms with Gasteiger partial charge >= 0.3 is 5.63 Å². The van der Waals surface area contributed by atoms with Crippen molar-refractivity contribution in [2.45, 2.75) is 44.6 Å². The van der Waals surface area contributed by atoms with Crippen molar-refractivity contribution < 1.29 is 29.2 Å². The van der Waals surface area contributed by atoms with E-state index in [0.717, 1.165) is 10.9 Å².